The molecular formula is C39H44F3NO3. The Hall–Kier alpha value is -3.26. The van der Waals surface area contributed by atoms with E-state index in [1.54, 1.807) is 6.07 Å². The molecule has 1 aliphatic heterocycles. The number of benzene rings is 3. The van der Waals surface area contributed by atoms with Crippen molar-refractivity contribution >= 4 is 5.78 Å². The van der Waals surface area contributed by atoms with Crippen molar-refractivity contribution in [3.05, 3.63) is 117 Å². The van der Waals surface area contributed by atoms with Gasteiger partial charge in [-0.2, -0.15) is 13.2 Å². The van der Waals surface area contributed by atoms with E-state index in [4.69, 9.17) is 0 Å². The largest absolute Gasteiger partial charge is 0.416 e. The van der Waals surface area contributed by atoms with E-state index >= 15 is 0 Å². The van der Waals surface area contributed by atoms with E-state index in [0.29, 0.717) is 44.2 Å². The Balaban J connectivity index is 1.41. The number of carbonyl (C=O) groups is 1. The summed E-state index contributed by atoms with van der Waals surface area (Å²) in [5, 5.41) is 23.5. The Labute approximate surface area is 270 Å². The van der Waals surface area contributed by atoms with Crippen molar-refractivity contribution in [3.8, 4) is 0 Å². The highest BCUT2D eigenvalue weighted by Gasteiger charge is 2.57. The molecule has 244 valence electrons. The van der Waals surface area contributed by atoms with Gasteiger partial charge >= 0.3 is 6.18 Å². The maximum absolute atomic E-state index is 14.2. The van der Waals surface area contributed by atoms with Crippen molar-refractivity contribution in [2.24, 2.45) is 5.41 Å². The molecule has 4 aliphatic rings. The number of rotatable bonds is 4. The molecule has 0 amide bonds. The van der Waals surface area contributed by atoms with Crippen molar-refractivity contribution in [1.82, 2.24) is 4.90 Å². The molecule has 46 heavy (non-hydrogen) atoms. The van der Waals surface area contributed by atoms with Crippen LogP contribution >= 0.6 is 0 Å². The molecule has 0 saturated heterocycles. The van der Waals surface area contributed by atoms with Gasteiger partial charge in [0.25, 0.3) is 0 Å². The van der Waals surface area contributed by atoms with Gasteiger partial charge in [-0.25, -0.2) is 0 Å². The van der Waals surface area contributed by atoms with Gasteiger partial charge in [0.15, 0.2) is 5.78 Å². The fourth-order valence-corrected chi connectivity index (χ4v) is 8.25. The minimum atomic E-state index is -4.57. The molecule has 1 fully saturated rings. The zero-order valence-electron chi connectivity index (χ0n) is 26.7. The number of nitrogens with zero attached hydrogens (tertiary/aromatic N) is 1. The molecule has 0 radical (unpaired) electrons. The molecule has 1 saturated carbocycles. The highest BCUT2D eigenvalue weighted by molar-refractivity contribution is 6.10. The molecule has 7 rings (SSSR count). The van der Waals surface area contributed by atoms with E-state index in [-0.39, 0.29) is 11.5 Å². The van der Waals surface area contributed by atoms with Gasteiger partial charge in [0.1, 0.15) is 0 Å². The standard InChI is InChI=1S/C39H44F3NO3/c1-26-7-6-18-37(2)35(16-19-38(37,46)25-43-20-17-28-8-3-4-9-30(28)24-43)33-15-13-27(21-32(44)14-12-26)22-34(33)36(45)29-10-5-11-31(23-29)39(40,41)42/h3-5,7-11,13,15,22-23,32,35,44,46H,6,12,14,16-21,24-25H2,1-2H3. The predicted molar refractivity (Wildman–Crippen MR) is 174 cm³/mol. The number of ketones is 1. The lowest BCUT2D eigenvalue weighted by molar-refractivity contribution is -0.137. The first-order chi connectivity index (χ1) is 21.9. The number of allylic oxidation sites excluding steroid dienone is 2. The van der Waals surface area contributed by atoms with Gasteiger partial charge in [0.05, 0.1) is 17.3 Å². The third-order valence-corrected chi connectivity index (χ3v) is 11.1. The summed E-state index contributed by atoms with van der Waals surface area (Å²) in [7, 11) is 0. The first kappa shape index (κ1) is 32.7. The van der Waals surface area contributed by atoms with Crippen LogP contribution in [0.1, 0.15) is 102 Å². The van der Waals surface area contributed by atoms with E-state index in [1.165, 1.54) is 28.8 Å². The topological polar surface area (TPSA) is 60.8 Å². The summed E-state index contributed by atoms with van der Waals surface area (Å²) >= 11 is 0. The van der Waals surface area contributed by atoms with Gasteiger partial charge < -0.3 is 10.2 Å². The van der Waals surface area contributed by atoms with Gasteiger partial charge in [-0.05, 0) is 105 Å². The monoisotopic (exact) mass is 631 g/mol. The average Bonchev–Trinajstić information content (AvgIpc) is 3.28. The van der Waals surface area contributed by atoms with Crippen molar-refractivity contribution in [1.29, 1.82) is 0 Å². The minimum absolute atomic E-state index is 0.0182. The number of fused-ring (bicyclic) bond motifs is 9. The van der Waals surface area contributed by atoms with Crippen molar-refractivity contribution in [2.75, 3.05) is 13.1 Å². The van der Waals surface area contributed by atoms with Crippen LogP contribution in [-0.2, 0) is 25.6 Å². The summed E-state index contributed by atoms with van der Waals surface area (Å²) in [4.78, 5) is 16.5. The lowest BCUT2D eigenvalue weighted by atomic mass is 9.64. The van der Waals surface area contributed by atoms with E-state index < -0.39 is 34.6 Å². The van der Waals surface area contributed by atoms with Gasteiger partial charge in [0.2, 0.25) is 0 Å². The second kappa shape index (κ2) is 12.7. The van der Waals surface area contributed by atoms with Crippen molar-refractivity contribution in [2.45, 2.75) is 95.6 Å². The quantitative estimate of drug-likeness (QED) is 0.226. The second-order valence-corrected chi connectivity index (χ2v) is 14.1. The molecule has 3 aliphatic carbocycles. The van der Waals surface area contributed by atoms with Crippen molar-refractivity contribution < 1.29 is 28.2 Å². The maximum Gasteiger partial charge on any atom is 0.416 e. The first-order valence-corrected chi connectivity index (χ1v) is 16.6. The average molecular weight is 632 g/mol. The fourth-order valence-electron chi connectivity index (χ4n) is 8.25. The molecule has 0 spiro atoms. The van der Waals surface area contributed by atoms with Crippen LogP contribution in [0.25, 0.3) is 0 Å². The lowest BCUT2D eigenvalue weighted by Gasteiger charge is -2.47. The van der Waals surface area contributed by atoms with Gasteiger partial charge in [-0.3, -0.25) is 9.69 Å². The van der Waals surface area contributed by atoms with Crippen LogP contribution < -0.4 is 0 Å². The summed E-state index contributed by atoms with van der Waals surface area (Å²) in [6, 6.07) is 18.7. The number of β-amino-alcohol motifs (C(OH)–C–C–N with tert-alkyl or cyclic N) is 1. The Bertz CT molecular complexity index is 1630. The molecule has 4 nitrogen and oxygen atoms in total. The Morgan fingerprint density at radius 2 is 1.76 bits per heavy atom. The molecule has 1 heterocycles. The zero-order valence-corrected chi connectivity index (χ0v) is 26.7. The molecular weight excluding hydrogens is 587 g/mol. The molecule has 0 aromatic heterocycles. The third kappa shape index (κ3) is 6.47. The summed E-state index contributed by atoms with van der Waals surface area (Å²) in [5.41, 5.74) is 3.22. The van der Waals surface area contributed by atoms with Crippen LogP contribution in [-0.4, -0.2) is 45.7 Å². The number of alkyl halides is 3. The normalized spacial score (nSPS) is 27.4. The molecule has 2 N–H and O–H groups in total. The lowest BCUT2D eigenvalue weighted by Crippen LogP contribution is -2.53. The number of carbonyl (C=O) groups excluding carboxylic acids is 1. The number of hydrogen-bond donors (Lipinski definition) is 2. The van der Waals surface area contributed by atoms with E-state index in [0.717, 1.165) is 55.6 Å². The maximum atomic E-state index is 14.2. The van der Waals surface area contributed by atoms with E-state index in [9.17, 15) is 28.2 Å². The molecule has 4 unspecified atom stereocenters. The van der Waals surface area contributed by atoms with Crippen LogP contribution in [0.4, 0.5) is 13.2 Å². The summed E-state index contributed by atoms with van der Waals surface area (Å²) < 4.78 is 40.9. The van der Waals surface area contributed by atoms with Gasteiger partial charge in [-0.1, -0.05) is 67.1 Å². The zero-order chi connectivity index (χ0) is 32.7. The SMILES string of the molecule is CC1=CCCC2(C)C(CCC2(O)CN2CCc3ccccc3C2)c2ccc(cc2C(=O)c2cccc(C(F)(F)F)c2)CC(O)CC1. The number of hydrogen-bond acceptors (Lipinski definition) is 4. The van der Waals surface area contributed by atoms with E-state index in [1.807, 2.05) is 12.1 Å². The minimum Gasteiger partial charge on any atom is -0.393 e. The molecule has 3 aromatic carbocycles. The third-order valence-electron chi connectivity index (χ3n) is 11.1. The Morgan fingerprint density at radius 3 is 2.54 bits per heavy atom. The van der Waals surface area contributed by atoms with Crippen molar-refractivity contribution in [3.63, 3.8) is 0 Å². The van der Waals surface area contributed by atoms with Gasteiger partial charge in [-0.15, -0.1) is 0 Å². The smallest absolute Gasteiger partial charge is 0.393 e. The molecule has 4 atom stereocenters. The van der Waals surface area contributed by atoms with Crippen LogP contribution in [0.15, 0.2) is 78.4 Å². The molecule has 3 aromatic rings. The van der Waals surface area contributed by atoms with Gasteiger partial charge in [0, 0.05) is 36.2 Å². The highest BCUT2D eigenvalue weighted by atomic mass is 19.4. The highest BCUT2D eigenvalue weighted by Crippen LogP contribution is 2.59. The molecule has 2 bridgehead atoms. The Morgan fingerprint density at radius 1 is 0.978 bits per heavy atom. The summed E-state index contributed by atoms with van der Waals surface area (Å²) in [6.07, 6.45) is 2.28. The second-order valence-electron chi connectivity index (χ2n) is 14.1. The molecule has 7 heteroatoms. The van der Waals surface area contributed by atoms with Crippen LogP contribution in [0, 0.1) is 5.41 Å². The van der Waals surface area contributed by atoms with E-state index in [2.05, 4.69) is 49.1 Å². The summed E-state index contributed by atoms with van der Waals surface area (Å²) in [6.45, 7) is 6.38. The number of aliphatic hydroxyl groups is 2. The summed E-state index contributed by atoms with van der Waals surface area (Å²) in [5.74, 6) is -0.652. The number of aliphatic hydroxyl groups excluding tert-OH is 1. The fraction of sp³-hybridized carbons (Fsp3) is 0.462. The Kier molecular flexibility index (Phi) is 9.05. The van der Waals surface area contributed by atoms with Crippen LogP contribution in [0.2, 0.25) is 0 Å². The number of halogens is 3. The van der Waals surface area contributed by atoms with Crippen LogP contribution in [0.5, 0.6) is 0 Å². The van der Waals surface area contributed by atoms with Crippen LogP contribution in [0.3, 0.4) is 0 Å². The predicted octanol–water partition coefficient (Wildman–Crippen LogP) is 8.03. The first-order valence-electron chi connectivity index (χ1n) is 16.6.